The standard InChI is InChI=1S/C52H49N.C2H6/c1-6-10-27-42(8-3)52(51(5)36-20-13-21-37-51)48(9-4)46(22-7-2)47-35-34-44(38-49(47)52)53(43-32-30-40(31-33-43)39-23-14-11-15-24-39)50-29-19-18-28-45(50)41-25-16-12-17-26-41;1-2/h6-14,16-23,25-36,38H,2-3,15,24,37H2,1,4-5H3;1-2H3/b10-6-,42-27+,46-22-,48-9+;. The van der Waals surface area contributed by atoms with E-state index in [1.807, 2.05) is 19.9 Å². The van der Waals surface area contributed by atoms with Gasteiger partial charge in [-0.05, 0) is 108 Å². The van der Waals surface area contributed by atoms with Crippen molar-refractivity contribution >= 4 is 28.2 Å². The van der Waals surface area contributed by atoms with Crippen molar-refractivity contribution in [1.82, 2.24) is 0 Å². The Bertz CT molecular complexity index is 2260. The van der Waals surface area contributed by atoms with E-state index in [0.29, 0.717) is 0 Å². The van der Waals surface area contributed by atoms with Gasteiger partial charge < -0.3 is 4.90 Å². The molecule has 0 N–H and O–H groups in total. The van der Waals surface area contributed by atoms with Crippen molar-refractivity contribution in [3.05, 3.63) is 223 Å². The zero-order valence-electron chi connectivity index (χ0n) is 33.3. The first-order chi connectivity index (χ1) is 27.0. The van der Waals surface area contributed by atoms with Crippen LogP contribution in [0.3, 0.4) is 0 Å². The minimum Gasteiger partial charge on any atom is -0.310 e. The fourth-order valence-corrected chi connectivity index (χ4v) is 8.81. The molecule has 0 radical (unpaired) electrons. The van der Waals surface area contributed by atoms with Crippen LogP contribution in [0.2, 0.25) is 0 Å². The molecule has 2 unspecified atom stereocenters. The fraction of sp³-hybridized carbons (Fsp3) is 0.185. The van der Waals surface area contributed by atoms with E-state index in [-0.39, 0.29) is 5.41 Å². The van der Waals surface area contributed by atoms with Gasteiger partial charge in [0, 0.05) is 22.4 Å². The number of rotatable bonds is 10. The second-order valence-corrected chi connectivity index (χ2v) is 14.2. The average molecular weight is 718 g/mol. The van der Waals surface area contributed by atoms with Crippen LogP contribution in [0.5, 0.6) is 0 Å². The number of allylic oxidation sites excluding steroid dienone is 18. The Morgan fingerprint density at radius 3 is 2.16 bits per heavy atom. The molecule has 4 aromatic carbocycles. The Morgan fingerprint density at radius 2 is 1.51 bits per heavy atom. The number of nitrogens with zero attached hydrogens (tertiary/aromatic N) is 1. The molecule has 4 aromatic rings. The van der Waals surface area contributed by atoms with Crippen molar-refractivity contribution in [2.45, 2.75) is 59.3 Å². The number of anilines is 3. The molecule has 1 nitrogen and oxygen atoms in total. The van der Waals surface area contributed by atoms with Gasteiger partial charge in [0.1, 0.15) is 0 Å². The second kappa shape index (κ2) is 17.5. The van der Waals surface area contributed by atoms with Crippen LogP contribution in [0.1, 0.15) is 70.6 Å². The van der Waals surface area contributed by atoms with E-state index in [0.717, 1.165) is 36.3 Å². The van der Waals surface area contributed by atoms with Crippen molar-refractivity contribution in [1.29, 1.82) is 0 Å². The van der Waals surface area contributed by atoms with Crippen molar-refractivity contribution in [3.63, 3.8) is 0 Å². The molecule has 0 heterocycles. The summed E-state index contributed by atoms with van der Waals surface area (Å²) in [6.07, 6.45) is 33.8. The van der Waals surface area contributed by atoms with Gasteiger partial charge >= 0.3 is 0 Å². The lowest BCUT2D eigenvalue weighted by molar-refractivity contribution is 0.292. The summed E-state index contributed by atoms with van der Waals surface area (Å²) in [6.45, 7) is 19.3. The van der Waals surface area contributed by atoms with Gasteiger partial charge in [0.15, 0.2) is 0 Å². The molecule has 0 saturated heterocycles. The number of hydrogen-bond donors (Lipinski definition) is 0. The molecule has 0 aliphatic heterocycles. The highest BCUT2D eigenvalue weighted by molar-refractivity contribution is 5.96. The van der Waals surface area contributed by atoms with Gasteiger partial charge in [-0.3, -0.25) is 0 Å². The van der Waals surface area contributed by atoms with Crippen molar-refractivity contribution in [2.75, 3.05) is 4.90 Å². The van der Waals surface area contributed by atoms with Crippen LogP contribution >= 0.6 is 0 Å². The molecule has 276 valence electrons. The van der Waals surface area contributed by atoms with Gasteiger partial charge in [-0.25, -0.2) is 0 Å². The van der Waals surface area contributed by atoms with Crippen molar-refractivity contribution in [2.24, 2.45) is 5.41 Å². The quantitative estimate of drug-likeness (QED) is 0.148. The second-order valence-electron chi connectivity index (χ2n) is 14.2. The summed E-state index contributed by atoms with van der Waals surface area (Å²) in [5.41, 5.74) is 13.7. The lowest BCUT2D eigenvalue weighted by Crippen LogP contribution is -2.44. The maximum Gasteiger partial charge on any atom is 0.0551 e. The van der Waals surface area contributed by atoms with E-state index in [1.54, 1.807) is 0 Å². The minimum atomic E-state index is -0.528. The third-order valence-corrected chi connectivity index (χ3v) is 11.2. The largest absolute Gasteiger partial charge is 0.310 e. The highest BCUT2D eigenvalue weighted by atomic mass is 15.1. The zero-order valence-corrected chi connectivity index (χ0v) is 33.3. The minimum absolute atomic E-state index is 0.286. The molecule has 0 bridgehead atoms. The zero-order chi connectivity index (χ0) is 38.8. The molecule has 3 aliphatic carbocycles. The monoisotopic (exact) mass is 717 g/mol. The first kappa shape index (κ1) is 38.8. The molecule has 0 spiro atoms. The summed E-state index contributed by atoms with van der Waals surface area (Å²) in [7, 11) is 0. The Labute approximate surface area is 330 Å². The third kappa shape index (κ3) is 7.08. The van der Waals surface area contributed by atoms with Gasteiger partial charge in [0.2, 0.25) is 0 Å². The van der Waals surface area contributed by atoms with Crippen LogP contribution in [0, 0.1) is 5.41 Å². The summed E-state index contributed by atoms with van der Waals surface area (Å²) in [6, 6.07) is 35.7. The number of fused-ring (bicyclic) bond motifs is 1. The van der Waals surface area contributed by atoms with Gasteiger partial charge in [0.25, 0.3) is 0 Å². The average Bonchev–Trinajstić information content (AvgIpc) is 3.53. The Morgan fingerprint density at radius 1 is 0.764 bits per heavy atom. The van der Waals surface area contributed by atoms with E-state index in [2.05, 4.69) is 215 Å². The molecule has 0 fully saturated rings. The fourth-order valence-electron chi connectivity index (χ4n) is 8.81. The van der Waals surface area contributed by atoms with Crippen molar-refractivity contribution in [3.8, 4) is 11.1 Å². The van der Waals surface area contributed by atoms with Crippen molar-refractivity contribution < 1.29 is 0 Å². The summed E-state index contributed by atoms with van der Waals surface area (Å²) in [4.78, 5) is 2.44. The van der Waals surface area contributed by atoms with E-state index < -0.39 is 5.41 Å². The molecule has 0 amide bonds. The van der Waals surface area contributed by atoms with Crippen LogP contribution < -0.4 is 4.90 Å². The van der Waals surface area contributed by atoms with Crippen LogP contribution in [0.4, 0.5) is 17.1 Å². The third-order valence-electron chi connectivity index (χ3n) is 11.2. The number of hydrogen-bond acceptors (Lipinski definition) is 1. The predicted molar refractivity (Wildman–Crippen MR) is 242 cm³/mol. The number of para-hydroxylation sites is 1. The first-order valence-corrected chi connectivity index (χ1v) is 19.9. The number of benzene rings is 4. The highest BCUT2D eigenvalue weighted by Gasteiger charge is 2.57. The SMILES string of the molecule is C=C/C=C1\C(=C/C)C(/C(C=C)=C/C=C\C)(C2(C)C=CC=CC2)c2cc(N(c3ccc(C4=CC=CCC4)cc3)c3ccccc3-c3ccccc3)ccc21.CC. The molecule has 55 heavy (non-hydrogen) atoms. The van der Waals surface area contributed by atoms with E-state index in [1.165, 1.54) is 50.1 Å². The smallest absolute Gasteiger partial charge is 0.0551 e. The van der Waals surface area contributed by atoms with Crippen LogP contribution in [0.15, 0.2) is 206 Å². The van der Waals surface area contributed by atoms with Gasteiger partial charge in [-0.15, -0.1) is 0 Å². The summed E-state index contributed by atoms with van der Waals surface area (Å²) in [5.74, 6) is 0. The van der Waals surface area contributed by atoms with Gasteiger partial charge in [-0.1, -0.05) is 186 Å². The summed E-state index contributed by atoms with van der Waals surface area (Å²) < 4.78 is 0. The lowest BCUT2D eigenvalue weighted by atomic mass is 9.53. The Balaban J connectivity index is 0.00000253. The molecule has 0 saturated carbocycles. The Kier molecular flexibility index (Phi) is 12.3. The highest BCUT2D eigenvalue weighted by Crippen LogP contribution is 2.65. The van der Waals surface area contributed by atoms with E-state index in [4.69, 9.17) is 0 Å². The van der Waals surface area contributed by atoms with E-state index in [9.17, 15) is 0 Å². The van der Waals surface area contributed by atoms with E-state index >= 15 is 0 Å². The Hall–Kier alpha value is -5.92. The summed E-state index contributed by atoms with van der Waals surface area (Å²) >= 11 is 0. The van der Waals surface area contributed by atoms with Crippen LogP contribution in [-0.2, 0) is 5.41 Å². The molecule has 2 atom stereocenters. The maximum atomic E-state index is 4.46. The topological polar surface area (TPSA) is 3.24 Å². The molecular weight excluding hydrogens is 663 g/mol. The normalized spacial score (nSPS) is 21.6. The maximum absolute atomic E-state index is 4.46. The molecule has 0 aromatic heterocycles. The van der Waals surface area contributed by atoms with Crippen LogP contribution in [0.25, 0.3) is 22.3 Å². The molecule has 3 aliphatic rings. The molecule has 1 heteroatoms. The molecular formula is C54H55N. The molecule has 7 rings (SSSR count). The first-order valence-electron chi connectivity index (χ1n) is 19.9. The lowest BCUT2D eigenvalue weighted by Gasteiger charge is -2.48. The summed E-state index contributed by atoms with van der Waals surface area (Å²) in [5, 5.41) is 0. The van der Waals surface area contributed by atoms with Gasteiger partial charge in [-0.2, -0.15) is 0 Å². The predicted octanol–water partition coefficient (Wildman–Crippen LogP) is 15.6. The van der Waals surface area contributed by atoms with Gasteiger partial charge in [0.05, 0.1) is 11.1 Å². The van der Waals surface area contributed by atoms with Crippen LogP contribution in [-0.4, -0.2) is 0 Å².